The van der Waals surface area contributed by atoms with Crippen LogP contribution in [0.25, 0.3) is 6.08 Å². The average molecular weight is 399 g/mol. The molecule has 9 nitrogen and oxygen atoms in total. The van der Waals surface area contributed by atoms with Gasteiger partial charge in [0.05, 0.1) is 12.6 Å². The van der Waals surface area contributed by atoms with Crippen molar-refractivity contribution in [3.05, 3.63) is 47.7 Å². The number of nitriles is 1. The van der Waals surface area contributed by atoms with Gasteiger partial charge < -0.3 is 24.9 Å². The normalized spacial score (nSPS) is 12.2. The molecule has 0 bridgehead atoms. The first kappa shape index (κ1) is 22.1. The molecule has 9 heteroatoms. The van der Waals surface area contributed by atoms with Crippen molar-refractivity contribution in [3.63, 3.8) is 0 Å². The Morgan fingerprint density at radius 3 is 2.79 bits per heavy atom. The van der Waals surface area contributed by atoms with Crippen LogP contribution in [0, 0.1) is 11.3 Å². The van der Waals surface area contributed by atoms with Gasteiger partial charge in [-0.3, -0.25) is 4.79 Å². The van der Waals surface area contributed by atoms with Crippen molar-refractivity contribution in [1.82, 2.24) is 20.8 Å². The predicted octanol–water partition coefficient (Wildman–Crippen LogP) is 1.59. The number of hydrogen-bond acceptors (Lipinski definition) is 8. The molecule has 29 heavy (non-hydrogen) atoms. The van der Waals surface area contributed by atoms with E-state index in [1.165, 1.54) is 6.08 Å². The molecular weight excluding hydrogens is 374 g/mol. The third-order valence-electron chi connectivity index (χ3n) is 4.01. The number of aromatic nitrogens is 2. The number of benzene rings is 1. The van der Waals surface area contributed by atoms with Crippen LogP contribution < -0.4 is 15.4 Å². The lowest BCUT2D eigenvalue weighted by molar-refractivity contribution is -0.117. The molecule has 1 atom stereocenters. The number of carbonyl (C=O) groups is 1. The van der Waals surface area contributed by atoms with Crippen LogP contribution in [0.3, 0.4) is 0 Å². The monoisotopic (exact) mass is 399 g/mol. The fraction of sp³-hybridized carbons (Fsp3) is 0.400. The van der Waals surface area contributed by atoms with E-state index in [9.17, 15) is 10.1 Å². The third-order valence-corrected chi connectivity index (χ3v) is 4.01. The van der Waals surface area contributed by atoms with E-state index in [1.807, 2.05) is 37.3 Å². The van der Waals surface area contributed by atoms with Crippen molar-refractivity contribution in [1.29, 1.82) is 5.26 Å². The summed E-state index contributed by atoms with van der Waals surface area (Å²) in [5.74, 6) is 0.313. The number of ether oxygens (including phenoxy) is 1. The Morgan fingerprint density at radius 2 is 2.17 bits per heavy atom. The highest BCUT2D eigenvalue weighted by atomic mass is 16.5. The molecule has 0 radical (unpaired) electrons. The standard InChI is InChI=1S/C20H25N5O4/c1-2-3-18(24-20(27)16(13-21)12-19-25-23-14-29-19)15-4-6-17(7-5-15)28-11-9-22-8-10-26/h4-7,12,14,18,22,26H,2-3,8-11H2,1H3,(H,24,27)/b16-12+. The number of aliphatic hydroxyl groups excluding tert-OH is 1. The van der Waals surface area contributed by atoms with Gasteiger partial charge in [-0.25, -0.2) is 0 Å². The molecule has 1 amide bonds. The molecule has 3 N–H and O–H groups in total. The van der Waals surface area contributed by atoms with Gasteiger partial charge in [-0.05, 0) is 24.1 Å². The molecule has 1 heterocycles. The van der Waals surface area contributed by atoms with Gasteiger partial charge in [-0.15, -0.1) is 10.2 Å². The quantitative estimate of drug-likeness (QED) is 0.278. The van der Waals surface area contributed by atoms with Gasteiger partial charge in [0, 0.05) is 19.2 Å². The summed E-state index contributed by atoms with van der Waals surface area (Å²) in [4.78, 5) is 12.5. The van der Waals surface area contributed by atoms with Crippen LogP contribution in [0.4, 0.5) is 0 Å². The Kier molecular flexibility index (Phi) is 9.35. The van der Waals surface area contributed by atoms with E-state index in [4.69, 9.17) is 14.3 Å². The third kappa shape index (κ3) is 7.37. The van der Waals surface area contributed by atoms with E-state index < -0.39 is 5.91 Å². The van der Waals surface area contributed by atoms with Gasteiger partial charge in [0.1, 0.15) is 24.0 Å². The topological polar surface area (TPSA) is 133 Å². The average Bonchev–Trinajstić information content (AvgIpc) is 3.25. The fourth-order valence-electron chi connectivity index (χ4n) is 2.60. The van der Waals surface area contributed by atoms with Crippen LogP contribution >= 0.6 is 0 Å². The smallest absolute Gasteiger partial charge is 0.262 e. The van der Waals surface area contributed by atoms with Crippen molar-refractivity contribution in [2.75, 3.05) is 26.3 Å². The summed E-state index contributed by atoms with van der Waals surface area (Å²) in [6.45, 7) is 3.78. The molecule has 0 aliphatic heterocycles. The molecule has 154 valence electrons. The van der Waals surface area contributed by atoms with Gasteiger partial charge >= 0.3 is 0 Å². The number of amides is 1. The summed E-state index contributed by atoms with van der Waals surface area (Å²) in [5.41, 5.74) is 0.812. The van der Waals surface area contributed by atoms with Crippen molar-refractivity contribution in [2.24, 2.45) is 0 Å². The molecule has 1 aromatic heterocycles. The summed E-state index contributed by atoms with van der Waals surface area (Å²) >= 11 is 0. The van der Waals surface area contributed by atoms with Crippen LogP contribution in [0.2, 0.25) is 0 Å². The molecule has 0 saturated heterocycles. The second-order valence-corrected chi connectivity index (χ2v) is 6.15. The molecule has 0 aliphatic carbocycles. The molecule has 0 saturated carbocycles. The van der Waals surface area contributed by atoms with Gasteiger partial charge in [-0.2, -0.15) is 5.26 Å². The summed E-state index contributed by atoms with van der Waals surface area (Å²) in [6, 6.07) is 9.10. The first-order valence-electron chi connectivity index (χ1n) is 9.41. The second kappa shape index (κ2) is 12.3. The number of nitrogens with zero attached hydrogens (tertiary/aromatic N) is 3. The predicted molar refractivity (Wildman–Crippen MR) is 106 cm³/mol. The van der Waals surface area contributed by atoms with Crippen LogP contribution in [-0.4, -0.2) is 47.5 Å². The molecule has 1 aromatic carbocycles. The van der Waals surface area contributed by atoms with Gasteiger partial charge in [-0.1, -0.05) is 25.5 Å². The second-order valence-electron chi connectivity index (χ2n) is 6.15. The minimum absolute atomic E-state index is 0.0941. The Bertz CT molecular complexity index is 812. The minimum Gasteiger partial charge on any atom is -0.492 e. The van der Waals surface area contributed by atoms with E-state index in [2.05, 4.69) is 20.8 Å². The largest absolute Gasteiger partial charge is 0.492 e. The Morgan fingerprint density at radius 1 is 1.38 bits per heavy atom. The maximum atomic E-state index is 12.5. The molecule has 2 aromatic rings. The SMILES string of the molecule is CCCC(NC(=O)/C(C#N)=C/c1nnco1)c1ccc(OCCNCCO)cc1. The Hall–Kier alpha value is -3.22. The first-order valence-corrected chi connectivity index (χ1v) is 9.41. The Labute approximate surface area is 169 Å². The zero-order chi connectivity index (χ0) is 20.9. The zero-order valence-corrected chi connectivity index (χ0v) is 16.3. The van der Waals surface area contributed by atoms with Crippen LogP contribution in [0.5, 0.6) is 5.75 Å². The number of rotatable bonds is 12. The van der Waals surface area contributed by atoms with Crippen LogP contribution in [0.1, 0.15) is 37.3 Å². The zero-order valence-electron chi connectivity index (χ0n) is 16.3. The van der Waals surface area contributed by atoms with E-state index in [-0.39, 0.29) is 24.1 Å². The summed E-state index contributed by atoms with van der Waals surface area (Å²) in [7, 11) is 0. The van der Waals surface area contributed by atoms with Gasteiger partial charge in [0.25, 0.3) is 5.91 Å². The van der Waals surface area contributed by atoms with Crippen molar-refractivity contribution < 1.29 is 19.1 Å². The van der Waals surface area contributed by atoms with Gasteiger partial charge in [0.2, 0.25) is 12.3 Å². The highest BCUT2D eigenvalue weighted by Crippen LogP contribution is 2.22. The highest BCUT2D eigenvalue weighted by molar-refractivity contribution is 6.01. The van der Waals surface area contributed by atoms with E-state index >= 15 is 0 Å². The Balaban J connectivity index is 1.99. The summed E-state index contributed by atoms with van der Waals surface area (Å²) in [5, 5.41) is 31.1. The summed E-state index contributed by atoms with van der Waals surface area (Å²) < 4.78 is 10.6. The van der Waals surface area contributed by atoms with Crippen molar-refractivity contribution in [2.45, 2.75) is 25.8 Å². The lowest BCUT2D eigenvalue weighted by Gasteiger charge is -2.19. The molecular formula is C20H25N5O4. The highest BCUT2D eigenvalue weighted by Gasteiger charge is 2.18. The van der Waals surface area contributed by atoms with Crippen LogP contribution in [-0.2, 0) is 4.79 Å². The van der Waals surface area contributed by atoms with Gasteiger partial charge in [0.15, 0.2) is 0 Å². The molecule has 0 aliphatic rings. The molecule has 0 fully saturated rings. The number of carbonyl (C=O) groups excluding carboxylic acids is 1. The number of hydrogen-bond donors (Lipinski definition) is 3. The molecule has 2 rings (SSSR count). The number of aliphatic hydroxyl groups is 1. The van der Waals surface area contributed by atoms with Crippen molar-refractivity contribution in [3.8, 4) is 11.8 Å². The van der Waals surface area contributed by atoms with E-state index in [0.29, 0.717) is 19.7 Å². The van der Waals surface area contributed by atoms with Crippen molar-refractivity contribution >= 4 is 12.0 Å². The first-order chi connectivity index (χ1) is 14.2. The van der Waals surface area contributed by atoms with E-state index in [0.717, 1.165) is 30.5 Å². The minimum atomic E-state index is -0.501. The lowest BCUT2D eigenvalue weighted by atomic mass is 10.0. The summed E-state index contributed by atoms with van der Waals surface area (Å²) in [6.07, 6.45) is 3.96. The molecule has 0 spiro atoms. The van der Waals surface area contributed by atoms with E-state index in [1.54, 1.807) is 0 Å². The maximum absolute atomic E-state index is 12.5. The number of nitrogens with one attached hydrogen (secondary N) is 2. The lowest BCUT2D eigenvalue weighted by Crippen LogP contribution is -2.29. The van der Waals surface area contributed by atoms with Crippen LogP contribution in [0.15, 0.2) is 40.6 Å². The fourth-order valence-corrected chi connectivity index (χ4v) is 2.60. The molecule has 1 unspecified atom stereocenters. The maximum Gasteiger partial charge on any atom is 0.262 e.